The lowest BCUT2D eigenvalue weighted by Crippen LogP contribution is -2.34. The van der Waals surface area contributed by atoms with Gasteiger partial charge in [0.2, 0.25) is 0 Å². The van der Waals surface area contributed by atoms with Crippen LogP contribution in [0.25, 0.3) is 5.57 Å². The highest BCUT2D eigenvalue weighted by molar-refractivity contribution is 6.37. The molecule has 5 rings (SSSR count). The zero-order chi connectivity index (χ0) is 22.2. The van der Waals surface area contributed by atoms with E-state index in [0.29, 0.717) is 34.2 Å². The molecule has 2 amide bonds. The van der Waals surface area contributed by atoms with Crippen molar-refractivity contribution in [3.63, 3.8) is 0 Å². The Labute approximate surface area is 191 Å². The second-order valence-electron chi connectivity index (χ2n) is 7.77. The van der Waals surface area contributed by atoms with Crippen molar-refractivity contribution in [2.75, 3.05) is 18.6 Å². The molecule has 2 aliphatic rings. The number of carbonyl (C=O) groups is 2. The summed E-state index contributed by atoms with van der Waals surface area (Å²) in [6.45, 7) is 0.783. The van der Waals surface area contributed by atoms with E-state index in [9.17, 15) is 9.59 Å². The molecule has 3 aromatic carbocycles. The number of hydrogen-bond donors (Lipinski definition) is 0. The molecule has 160 valence electrons. The van der Waals surface area contributed by atoms with Crippen LogP contribution in [0.15, 0.2) is 78.5 Å². The maximum absolute atomic E-state index is 13.7. The smallest absolute Gasteiger partial charge is 0.278 e. The van der Waals surface area contributed by atoms with E-state index in [1.807, 2.05) is 47.4 Å². The van der Waals surface area contributed by atoms with Crippen molar-refractivity contribution in [1.82, 2.24) is 4.90 Å². The number of halogens is 1. The Hall–Kier alpha value is -3.57. The van der Waals surface area contributed by atoms with E-state index in [4.69, 9.17) is 16.3 Å². The quantitative estimate of drug-likeness (QED) is 0.536. The van der Waals surface area contributed by atoms with E-state index < -0.39 is 0 Å². The first kappa shape index (κ1) is 20.3. The van der Waals surface area contributed by atoms with Crippen LogP contribution in [0.5, 0.6) is 5.75 Å². The van der Waals surface area contributed by atoms with Gasteiger partial charge in [-0.25, -0.2) is 0 Å². The zero-order valence-electron chi connectivity index (χ0n) is 17.5. The number of carbonyl (C=O) groups excluding carboxylic acids is 2. The Bertz CT molecular complexity index is 1250. The minimum Gasteiger partial charge on any atom is -0.496 e. The van der Waals surface area contributed by atoms with Crippen LogP contribution in [0.4, 0.5) is 5.69 Å². The number of fused-ring (bicyclic) bond motifs is 1. The zero-order valence-corrected chi connectivity index (χ0v) is 18.3. The SMILES string of the molecule is COc1ccccc1CN1C(=O)C(c2ccc(Cl)cc2)=C(N2CCc3ccccc32)C1=O. The molecule has 0 atom stereocenters. The maximum atomic E-state index is 13.7. The molecule has 0 bridgehead atoms. The number of hydrogen-bond acceptors (Lipinski definition) is 4. The highest BCUT2D eigenvalue weighted by Crippen LogP contribution is 2.39. The molecule has 0 saturated carbocycles. The molecule has 5 nitrogen and oxygen atoms in total. The van der Waals surface area contributed by atoms with Gasteiger partial charge < -0.3 is 9.64 Å². The van der Waals surface area contributed by atoms with Crippen LogP contribution in [0, 0.1) is 0 Å². The van der Waals surface area contributed by atoms with E-state index in [2.05, 4.69) is 6.07 Å². The van der Waals surface area contributed by atoms with Crippen LogP contribution in [0.1, 0.15) is 16.7 Å². The molecular weight excluding hydrogens is 424 g/mol. The minimum absolute atomic E-state index is 0.137. The summed E-state index contributed by atoms with van der Waals surface area (Å²) in [7, 11) is 1.58. The summed E-state index contributed by atoms with van der Waals surface area (Å²) in [5.74, 6) is 0.0197. The van der Waals surface area contributed by atoms with Crippen LogP contribution >= 0.6 is 11.6 Å². The summed E-state index contributed by atoms with van der Waals surface area (Å²) >= 11 is 6.08. The summed E-state index contributed by atoms with van der Waals surface area (Å²) in [5.41, 5.74) is 4.40. The Balaban J connectivity index is 1.61. The van der Waals surface area contributed by atoms with Crippen LogP contribution < -0.4 is 9.64 Å². The van der Waals surface area contributed by atoms with Crippen molar-refractivity contribution in [3.8, 4) is 5.75 Å². The van der Waals surface area contributed by atoms with Gasteiger partial charge in [-0.15, -0.1) is 0 Å². The third-order valence-electron chi connectivity index (χ3n) is 5.95. The Kier molecular flexibility index (Phi) is 5.19. The lowest BCUT2D eigenvalue weighted by molar-refractivity contribution is -0.137. The molecule has 0 unspecified atom stereocenters. The number of benzene rings is 3. The summed E-state index contributed by atoms with van der Waals surface area (Å²) in [4.78, 5) is 30.6. The van der Waals surface area contributed by atoms with E-state index in [0.717, 1.165) is 17.7 Å². The van der Waals surface area contributed by atoms with Gasteiger partial charge in [-0.05, 0) is 41.8 Å². The third-order valence-corrected chi connectivity index (χ3v) is 6.21. The highest BCUT2D eigenvalue weighted by atomic mass is 35.5. The molecule has 0 radical (unpaired) electrons. The van der Waals surface area contributed by atoms with E-state index in [1.165, 1.54) is 10.5 Å². The van der Waals surface area contributed by atoms with Gasteiger partial charge in [-0.1, -0.05) is 60.1 Å². The molecule has 0 N–H and O–H groups in total. The number of anilines is 1. The molecule has 0 aliphatic carbocycles. The molecule has 0 aromatic heterocycles. The summed E-state index contributed by atoms with van der Waals surface area (Å²) in [5, 5.41) is 0.574. The van der Waals surface area contributed by atoms with Crippen molar-refractivity contribution in [3.05, 3.63) is 100 Å². The van der Waals surface area contributed by atoms with Crippen LogP contribution in [0.3, 0.4) is 0 Å². The van der Waals surface area contributed by atoms with Crippen molar-refractivity contribution < 1.29 is 14.3 Å². The fourth-order valence-corrected chi connectivity index (χ4v) is 4.53. The van der Waals surface area contributed by atoms with E-state index >= 15 is 0 Å². The van der Waals surface area contributed by atoms with Crippen LogP contribution in [-0.4, -0.2) is 30.4 Å². The Morgan fingerprint density at radius 3 is 2.41 bits per heavy atom. The highest BCUT2D eigenvalue weighted by Gasteiger charge is 2.43. The lowest BCUT2D eigenvalue weighted by Gasteiger charge is -2.22. The average molecular weight is 445 g/mol. The average Bonchev–Trinajstić information content (AvgIpc) is 3.34. The number of amides is 2. The maximum Gasteiger partial charge on any atom is 0.278 e. The van der Waals surface area contributed by atoms with Gasteiger partial charge in [0.15, 0.2) is 0 Å². The molecule has 3 aromatic rings. The van der Waals surface area contributed by atoms with Gasteiger partial charge in [0.05, 0.1) is 19.2 Å². The van der Waals surface area contributed by atoms with Crippen molar-refractivity contribution in [2.45, 2.75) is 13.0 Å². The van der Waals surface area contributed by atoms with Gasteiger partial charge in [-0.2, -0.15) is 0 Å². The van der Waals surface area contributed by atoms with Gasteiger partial charge in [-0.3, -0.25) is 14.5 Å². The van der Waals surface area contributed by atoms with Crippen molar-refractivity contribution >= 4 is 34.7 Å². The second kappa shape index (κ2) is 8.17. The van der Waals surface area contributed by atoms with Crippen LogP contribution in [-0.2, 0) is 22.6 Å². The Morgan fingerprint density at radius 2 is 1.62 bits per heavy atom. The number of rotatable bonds is 5. The first-order valence-electron chi connectivity index (χ1n) is 10.4. The van der Waals surface area contributed by atoms with Gasteiger partial charge in [0, 0.05) is 22.8 Å². The monoisotopic (exact) mass is 444 g/mol. The summed E-state index contributed by atoms with van der Waals surface area (Å²) < 4.78 is 5.44. The number of nitrogens with zero attached hydrogens (tertiary/aromatic N) is 2. The van der Waals surface area contributed by atoms with Gasteiger partial charge in [0.1, 0.15) is 11.4 Å². The molecule has 2 heterocycles. The fraction of sp³-hybridized carbons (Fsp3) is 0.154. The van der Waals surface area contributed by atoms with Crippen molar-refractivity contribution in [2.24, 2.45) is 0 Å². The number of para-hydroxylation sites is 2. The van der Waals surface area contributed by atoms with Crippen LogP contribution in [0.2, 0.25) is 5.02 Å². The molecule has 6 heteroatoms. The molecular formula is C26H21ClN2O3. The van der Waals surface area contributed by atoms with E-state index in [-0.39, 0.29) is 18.4 Å². The lowest BCUT2D eigenvalue weighted by atomic mass is 10.0. The topological polar surface area (TPSA) is 49.9 Å². The standard InChI is InChI=1S/C26H21ClN2O3/c1-32-22-9-5-3-7-19(22)16-29-25(30)23(18-10-12-20(27)13-11-18)24(26(29)31)28-15-14-17-6-2-4-8-21(17)28/h2-13H,14-16H2,1H3. The predicted octanol–water partition coefficient (Wildman–Crippen LogP) is 4.69. The second-order valence-corrected chi connectivity index (χ2v) is 8.21. The minimum atomic E-state index is -0.317. The predicted molar refractivity (Wildman–Crippen MR) is 124 cm³/mol. The first-order chi connectivity index (χ1) is 15.6. The molecule has 0 spiro atoms. The third kappa shape index (κ3) is 3.35. The van der Waals surface area contributed by atoms with Gasteiger partial charge >= 0.3 is 0 Å². The Morgan fingerprint density at radius 1 is 0.906 bits per heavy atom. The summed E-state index contributed by atoms with van der Waals surface area (Å²) in [6.07, 6.45) is 0.821. The summed E-state index contributed by atoms with van der Waals surface area (Å²) in [6, 6.07) is 22.5. The molecule has 32 heavy (non-hydrogen) atoms. The molecule has 0 saturated heterocycles. The molecule has 0 fully saturated rings. The largest absolute Gasteiger partial charge is 0.496 e. The van der Waals surface area contributed by atoms with Gasteiger partial charge in [0.25, 0.3) is 11.8 Å². The molecule has 2 aliphatic heterocycles. The van der Waals surface area contributed by atoms with Crippen molar-refractivity contribution in [1.29, 1.82) is 0 Å². The fourth-order valence-electron chi connectivity index (χ4n) is 4.41. The van der Waals surface area contributed by atoms with E-state index in [1.54, 1.807) is 31.4 Å². The number of methoxy groups -OCH3 is 1. The normalized spacial score (nSPS) is 15.6. The number of ether oxygens (including phenoxy) is 1. The number of imide groups is 1. The first-order valence-corrected chi connectivity index (χ1v) is 10.8.